The minimum absolute atomic E-state index is 0.922. The Bertz CT molecular complexity index is 266. The van der Waals surface area contributed by atoms with Crippen LogP contribution >= 0.6 is 15.9 Å². The number of anilines is 1. The highest BCUT2D eigenvalue weighted by atomic mass is 79.9. The van der Waals surface area contributed by atoms with Crippen LogP contribution in [0.25, 0.3) is 0 Å². The van der Waals surface area contributed by atoms with Gasteiger partial charge in [0.05, 0.1) is 4.47 Å². The van der Waals surface area contributed by atoms with E-state index in [-0.39, 0.29) is 0 Å². The van der Waals surface area contributed by atoms with Crippen molar-refractivity contribution in [2.24, 2.45) is 0 Å². The van der Waals surface area contributed by atoms with Crippen LogP contribution < -0.4 is 10.2 Å². The molecule has 72 valence electrons. The molecule has 0 unspecified atom stereocenters. The summed E-state index contributed by atoms with van der Waals surface area (Å²) in [4.78, 5) is 10.2. The minimum Gasteiger partial charge on any atom is -0.357 e. The van der Waals surface area contributed by atoms with Crippen LogP contribution in [0.1, 0.15) is 0 Å². The molecule has 0 atom stereocenters. The first-order valence-corrected chi connectivity index (χ1v) is 4.86. The number of rotatable bonds is 4. The molecule has 0 saturated carbocycles. The lowest BCUT2D eigenvalue weighted by Crippen LogP contribution is -2.27. The van der Waals surface area contributed by atoms with Crippen molar-refractivity contribution in [3.8, 4) is 0 Å². The molecule has 1 N–H and O–H groups in total. The molecule has 0 saturated heterocycles. The molecule has 0 amide bonds. The number of hydrogen-bond acceptors (Lipinski definition) is 4. The Kier molecular flexibility index (Phi) is 4.11. The van der Waals surface area contributed by atoms with Crippen molar-refractivity contribution in [2.75, 3.05) is 32.1 Å². The quantitative estimate of drug-likeness (QED) is 0.855. The first-order chi connectivity index (χ1) is 6.25. The normalized spacial score (nSPS) is 10.1. The van der Waals surface area contributed by atoms with E-state index in [4.69, 9.17) is 0 Å². The average Bonchev–Trinajstić information content (AvgIpc) is 2.15. The van der Waals surface area contributed by atoms with Crippen LogP contribution in [0.3, 0.4) is 0 Å². The molecule has 0 aliphatic carbocycles. The minimum atomic E-state index is 0.922. The van der Waals surface area contributed by atoms with Crippen molar-refractivity contribution in [2.45, 2.75) is 0 Å². The molecule has 0 spiro atoms. The Morgan fingerprint density at radius 3 is 3.00 bits per heavy atom. The molecule has 1 aromatic rings. The van der Waals surface area contributed by atoms with E-state index in [1.807, 2.05) is 14.1 Å². The molecule has 1 rings (SSSR count). The van der Waals surface area contributed by atoms with Gasteiger partial charge in [0.1, 0.15) is 12.1 Å². The summed E-state index contributed by atoms with van der Waals surface area (Å²) in [5.74, 6) is 0.922. The summed E-state index contributed by atoms with van der Waals surface area (Å²) in [5, 5.41) is 3.09. The third-order valence-electron chi connectivity index (χ3n) is 1.71. The fourth-order valence-electron chi connectivity index (χ4n) is 0.972. The molecule has 1 heterocycles. The molecule has 0 radical (unpaired) electrons. The molecule has 13 heavy (non-hydrogen) atoms. The van der Waals surface area contributed by atoms with Gasteiger partial charge < -0.3 is 10.2 Å². The van der Waals surface area contributed by atoms with Crippen molar-refractivity contribution in [3.63, 3.8) is 0 Å². The van der Waals surface area contributed by atoms with Crippen molar-refractivity contribution < 1.29 is 0 Å². The number of nitrogens with one attached hydrogen (secondary N) is 1. The van der Waals surface area contributed by atoms with Gasteiger partial charge in [-0.3, -0.25) is 0 Å². The van der Waals surface area contributed by atoms with Crippen molar-refractivity contribution in [3.05, 3.63) is 17.0 Å². The Balaban J connectivity index is 2.65. The van der Waals surface area contributed by atoms with Gasteiger partial charge in [0, 0.05) is 26.3 Å². The van der Waals surface area contributed by atoms with Gasteiger partial charge >= 0.3 is 0 Å². The van der Waals surface area contributed by atoms with E-state index in [1.54, 1.807) is 12.5 Å². The van der Waals surface area contributed by atoms with Gasteiger partial charge in [0.15, 0.2) is 0 Å². The Morgan fingerprint density at radius 1 is 1.62 bits per heavy atom. The van der Waals surface area contributed by atoms with Crippen LogP contribution in [-0.2, 0) is 0 Å². The molecule has 4 nitrogen and oxygen atoms in total. The van der Waals surface area contributed by atoms with E-state index in [0.717, 1.165) is 23.4 Å². The van der Waals surface area contributed by atoms with Crippen LogP contribution in [0.2, 0.25) is 0 Å². The molecule has 1 aromatic heterocycles. The largest absolute Gasteiger partial charge is 0.357 e. The van der Waals surface area contributed by atoms with E-state index in [0.29, 0.717) is 0 Å². The summed E-state index contributed by atoms with van der Waals surface area (Å²) in [6, 6.07) is 0. The third kappa shape index (κ3) is 2.93. The lowest BCUT2D eigenvalue weighted by molar-refractivity contribution is 0.759. The van der Waals surface area contributed by atoms with E-state index < -0.39 is 0 Å². The molecule has 0 aromatic carbocycles. The summed E-state index contributed by atoms with van der Waals surface area (Å²) >= 11 is 3.40. The zero-order chi connectivity index (χ0) is 9.68. The zero-order valence-corrected chi connectivity index (χ0v) is 9.37. The lowest BCUT2D eigenvalue weighted by Gasteiger charge is -2.18. The maximum absolute atomic E-state index is 4.17. The predicted molar refractivity (Wildman–Crippen MR) is 56.9 cm³/mol. The monoisotopic (exact) mass is 244 g/mol. The van der Waals surface area contributed by atoms with Gasteiger partial charge in [-0.15, -0.1) is 0 Å². The van der Waals surface area contributed by atoms with Crippen LogP contribution in [0, 0.1) is 0 Å². The molecular weight excluding hydrogens is 232 g/mol. The second-order valence-electron chi connectivity index (χ2n) is 2.72. The molecule has 0 fully saturated rings. The van der Waals surface area contributed by atoms with Crippen molar-refractivity contribution in [1.29, 1.82) is 0 Å². The third-order valence-corrected chi connectivity index (χ3v) is 2.27. The molecule has 0 bridgehead atoms. The summed E-state index contributed by atoms with van der Waals surface area (Å²) in [5.41, 5.74) is 0. The van der Waals surface area contributed by atoms with Crippen LogP contribution in [-0.4, -0.2) is 37.2 Å². The molecule has 0 aliphatic heterocycles. The van der Waals surface area contributed by atoms with E-state index in [2.05, 4.69) is 36.1 Å². The average molecular weight is 245 g/mol. The zero-order valence-electron chi connectivity index (χ0n) is 7.79. The Labute approximate surface area is 86.5 Å². The second-order valence-corrected chi connectivity index (χ2v) is 3.57. The summed E-state index contributed by atoms with van der Waals surface area (Å²) in [7, 11) is 3.94. The number of halogens is 1. The SMILES string of the molecule is CNCCN(C)c1ncncc1Br. The summed E-state index contributed by atoms with van der Waals surface area (Å²) in [6.07, 6.45) is 3.30. The first-order valence-electron chi connectivity index (χ1n) is 4.07. The van der Waals surface area contributed by atoms with Gasteiger partial charge in [-0.2, -0.15) is 0 Å². The summed E-state index contributed by atoms with van der Waals surface area (Å²) < 4.78 is 0.925. The number of likely N-dealkylation sites (N-methyl/N-ethyl adjacent to an activating group) is 2. The fraction of sp³-hybridized carbons (Fsp3) is 0.500. The predicted octanol–water partition coefficient (Wildman–Crippen LogP) is 0.895. The number of aromatic nitrogens is 2. The highest BCUT2D eigenvalue weighted by Gasteiger charge is 2.05. The van der Waals surface area contributed by atoms with Crippen LogP contribution in [0.15, 0.2) is 17.0 Å². The highest BCUT2D eigenvalue weighted by Crippen LogP contribution is 2.19. The standard InChI is InChI=1S/C8H13BrN4/c1-10-3-4-13(2)8-7(9)5-11-6-12-8/h5-6,10H,3-4H2,1-2H3. The van der Waals surface area contributed by atoms with E-state index in [9.17, 15) is 0 Å². The maximum atomic E-state index is 4.17. The van der Waals surface area contributed by atoms with Crippen molar-refractivity contribution in [1.82, 2.24) is 15.3 Å². The smallest absolute Gasteiger partial charge is 0.146 e. The molecule has 0 aliphatic rings. The van der Waals surface area contributed by atoms with E-state index >= 15 is 0 Å². The van der Waals surface area contributed by atoms with Gasteiger partial charge in [0.25, 0.3) is 0 Å². The van der Waals surface area contributed by atoms with Gasteiger partial charge in [0.2, 0.25) is 0 Å². The fourth-order valence-corrected chi connectivity index (χ4v) is 1.50. The second kappa shape index (κ2) is 5.14. The van der Waals surface area contributed by atoms with Gasteiger partial charge in [-0.05, 0) is 23.0 Å². The van der Waals surface area contributed by atoms with Crippen LogP contribution in [0.5, 0.6) is 0 Å². The van der Waals surface area contributed by atoms with Crippen molar-refractivity contribution >= 4 is 21.7 Å². The Morgan fingerprint density at radius 2 is 2.38 bits per heavy atom. The number of nitrogens with zero attached hydrogens (tertiary/aromatic N) is 3. The van der Waals surface area contributed by atoms with Gasteiger partial charge in [-0.25, -0.2) is 9.97 Å². The molecule has 5 heteroatoms. The number of hydrogen-bond donors (Lipinski definition) is 1. The lowest BCUT2D eigenvalue weighted by atomic mass is 10.5. The summed E-state index contributed by atoms with van der Waals surface area (Å²) in [6.45, 7) is 1.86. The highest BCUT2D eigenvalue weighted by molar-refractivity contribution is 9.10. The topological polar surface area (TPSA) is 41.0 Å². The Hall–Kier alpha value is -0.680. The van der Waals surface area contributed by atoms with Crippen LogP contribution in [0.4, 0.5) is 5.82 Å². The first kappa shape index (κ1) is 10.4. The maximum Gasteiger partial charge on any atom is 0.146 e. The van der Waals surface area contributed by atoms with Gasteiger partial charge in [-0.1, -0.05) is 0 Å². The molecular formula is C8H13BrN4. The van der Waals surface area contributed by atoms with E-state index in [1.165, 1.54) is 0 Å².